The zero-order valence-electron chi connectivity index (χ0n) is 11.6. The molecule has 0 bridgehead atoms. The number of nitrogens with one attached hydrogen (secondary N) is 2. The van der Waals surface area contributed by atoms with Crippen molar-refractivity contribution in [1.29, 1.82) is 0 Å². The van der Waals surface area contributed by atoms with E-state index in [4.69, 9.17) is 0 Å². The second-order valence-electron chi connectivity index (χ2n) is 5.36. The van der Waals surface area contributed by atoms with Crippen LogP contribution in [0.5, 0.6) is 0 Å². The van der Waals surface area contributed by atoms with Gasteiger partial charge < -0.3 is 15.7 Å². The second-order valence-corrected chi connectivity index (χ2v) is 5.36. The third-order valence-electron chi connectivity index (χ3n) is 3.60. The first-order valence-corrected chi connectivity index (χ1v) is 6.87. The van der Waals surface area contributed by atoms with Crippen LogP contribution in [0, 0.1) is 6.92 Å². The van der Waals surface area contributed by atoms with Gasteiger partial charge in [0.25, 0.3) is 0 Å². The first-order valence-electron chi connectivity index (χ1n) is 6.87. The maximum absolute atomic E-state index is 11.0. The van der Waals surface area contributed by atoms with Gasteiger partial charge in [0.1, 0.15) is 0 Å². The molecule has 0 radical (unpaired) electrons. The molecule has 0 spiro atoms. The minimum absolute atomic E-state index is 0.0509. The Labute approximate surface area is 114 Å². The molecular formula is C15H22N2O2. The number of hydrogen-bond donors (Lipinski definition) is 3. The number of aliphatic hydroxyl groups excluding tert-OH is 1. The molecule has 1 aromatic carbocycles. The molecule has 3 N–H and O–H groups in total. The summed E-state index contributed by atoms with van der Waals surface area (Å²) in [5.74, 6) is -0.0509. The first kappa shape index (κ1) is 13.9. The SMILES string of the molecule is CC(=O)Nc1ccc(NC2CCC(O)CC2)cc1C. The molecule has 2 rings (SSSR count). The number of carbonyl (C=O) groups excluding carboxylic acids is 1. The van der Waals surface area contributed by atoms with Crippen molar-refractivity contribution in [2.75, 3.05) is 10.6 Å². The fraction of sp³-hybridized carbons (Fsp3) is 0.533. The summed E-state index contributed by atoms with van der Waals surface area (Å²) in [7, 11) is 0. The Bertz CT molecular complexity index is 451. The van der Waals surface area contributed by atoms with Gasteiger partial charge in [0, 0.05) is 24.3 Å². The Morgan fingerprint density at radius 3 is 2.53 bits per heavy atom. The topological polar surface area (TPSA) is 61.4 Å². The van der Waals surface area contributed by atoms with Crippen molar-refractivity contribution in [3.05, 3.63) is 23.8 Å². The number of aryl methyl sites for hydroxylation is 1. The Morgan fingerprint density at radius 1 is 1.26 bits per heavy atom. The van der Waals surface area contributed by atoms with Gasteiger partial charge in [0.2, 0.25) is 5.91 Å². The van der Waals surface area contributed by atoms with Crippen molar-refractivity contribution < 1.29 is 9.90 Å². The van der Waals surface area contributed by atoms with E-state index in [2.05, 4.69) is 16.7 Å². The molecule has 1 fully saturated rings. The van der Waals surface area contributed by atoms with E-state index in [-0.39, 0.29) is 12.0 Å². The molecule has 0 unspecified atom stereocenters. The molecule has 0 aromatic heterocycles. The number of amides is 1. The van der Waals surface area contributed by atoms with Gasteiger partial charge in [-0.3, -0.25) is 4.79 Å². The van der Waals surface area contributed by atoms with E-state index in [0.29, 0.717) is 6.04 Å². The summed E-state index contributed by atoms with van der Waals surface area (Å²) in [6.07, 6.45) is 3.64. The molecule has 1 aromatic rings. The molecule has 0 saturated heterocycles. The highest BCUT2D eigenvalue weighted by molar-refractivity contribution is 5.89. The second kappa shape index (κ2) is 6.06. The molecule has 1 amide bonds. The zero-order chi connectivity index (χ0) is 13.8. The molecule has 1 saturated carbocycles. The Hall–Kier alpha value is -1.55. The van der Waals surface area contributed by atoms with Crippen LogP contribution in [-0.4, -0.2) is 23.2 Å². The Balaban J connectivity index is 1.98. The molecule has 0 aliphatic heterocycles. The first-order chi connectivity index (χ1) is 9.04. The highest BCUT2D eigenvalue weighted by Crippen LogP contribution is 2.25. The van der Waals surface area contributed by atoms with E-state index in [1.807, 2.05) is 19.1 Å². The van der Waals surface area contributed by atoms with Crippen LogP contribution in [0.25, 0.3) is 0 Å². The zero-order valence-corrected chi connectivity index (χ0v) is 11.6. The van der Waals surface area contributed by atoms with E-state index in [1.54, 1.807) is 0 Å². The molecule has 0 heterocycles. The lowest BCUT2D eigenvalue weighted by Gasteiger charge is -2.27. The molecule has 1 aliphatic carbocycles. The molecule has 0 atom stereocenters. The maximum Gasteiger partial charge on any atom is 0.221 e. The monoisotopic (exact) mass is 262 g/mol. The Morgan fingerprint density at radius 2 is 1.95 bits per heavy atom. The minimum atomic E-state index is -0.123. The van der Waals surface area contributed by atoms with Crippen LogP contribution in [0.3, 0.4) is 0 Å². The Kier molecular flexibility index (Phi) is 4.43. The van der Waals surface area contributed by atoms with Crippen LogP contribution in [-0.2, 0) is 4.79 Å². The highest BCUT2D eigenvalue weighted by Gasteiger charge is 2.19. The average Bonchev–Trinajstić information content (AvgIpc) is 2.35. The summed E-state index contributed by atoms with van der Waals surface area (Å²) < 4.78 is 0. The predicted octanol–water partition coefficient (Wildman–Crippen LogP) is 2.67. The molecule has 4 nitrogen and oxygen atoms in total. The molecule has 4 heteroatoms. The van der Waals surface area contributed by atoms with Crippen LogP contribution in [0.1, 0.15) is 38.2 Å². The van der Waals surface area contributed by atoms with Gasteiger partial charge in [0.15, 0.2) is 0 Å². The lowest BCUT2D eigenvalue weighted by Crippen LogP contribution is -2.28. The van der Waals surface area contributed by atoms with Gasteiger partial charge in [-0.25, -0.2) is 0 Å². The molecular weight excluding hydrogens is 240 g/mol. The summed E-state index contributed by atoms with van der Waals surface area (Å²) in [5.41, 5.74) is 2.99. The fourth-order valence-corrected chi connectivity index (χ4v) is 2.54. The fourth-order valence-electron chi connectivity index (χ4n) is 2.54. The summed E-state index contributed by atoms with van der Waals surface area (Å²) in [6.45, 7) is 3.50. The summed E-state index contributed by atoms with van der Waals surface area (Å²) in [4.78, 5) is 11.0. The largest absolute Gasteiger partial charge is 0.393 e. The van der Waals surface area contributed by atoms with Gasteiger partial charge in [-0.05, 0) is 56.4 Å². The number of hydrogen-bond acceptors (Lipinski definition) is 3. The van der Waals surface area contributed by atoms with E-state index < -0.39 is 0 Å². The predicted molar refractivity (Wildman–Crippen MR) is 77.4 cm³/mol. The van der Waals surface area contributed by atoms with Crippen LogP contribution < -0.4 is 10.6 Å². The van der Waals surface area contributed by atoms with E-state index in [9.17, 15) is 9.90 Å². The quantitative estimate of drug-likeness (QED) is 0.785. The van der Waals surface area contributed by atoms with Crippen molar-refractivity contribution >= 4 is 17.3 Å². The standard InChI is InChI=1S/C15H22N2O2/c1-10-9-13(5-8-15(10)16-11(2)18)17-12-3-6-14(19)7-4-12/h5,8-9,12,14,17,19H,3-4,6-7H2,1-2H3,(H,16,18). The third kappa shape index (κ3) is 3.96. The van der Waals surface area contributed by atoms with E-state index >= 15 is 0 Å². The number of benzene rings is 1. The average molecular weight is 262 g/mol. The van der Waals surface area contributed by atoms with Crippen molar-refractivity contribution in [2.45, 2.75) is 51.7 Å². The van der Waals surface area contributed by atoms with Crippen LogP contribution >= 0.6 is 0 Å². The molecule has 104 valence electrons. The van der Waals surface area contributed by atoms with Crippen molar-refractivity contribution in [3.63, 3.8) is 0 Å². The highest BCUT2D eigenvalue weighted by atomic mass is 16.3. The van der Waals surface area contributed by atoms with Crippen LogP contribution in [0.15, 0.2) is 18.2 Å². The van der Waals surface area contributed by atoms with Crippen LogP contribution in [0.4, 0.5) is 11.4 Å². The lowest BCUT2D eigenvalue weighted by molar-refractivity contribution is -0.114. The van der Waals surface area contributed by atoms with E-state index in [1.165, 1.54) is 6.92 Å². The van der Waals surface area contributed by atoms with Gasteiger partial charge in [0.05, 0.1) is 6.10 Å². The maximum atomic E-state index is 11.0. The molecule has 19 heavy (non-hydrogen) atoms. The summed E-state index contributed by atoms with van der Waals surface area (Å²) in [5, 5.41) is 15.8. The lowest BCUT2D eigenvalue weighted by atomic mass is 9.93. The smallest absolute Gasteiger partial charge is 0.221 e. The van der Waals surface area contributed by atoms with Crippen molar-refractivity contribution in [3.8, 4) is 0 Å². The van der Waals surface area contributed by atoms with Crippen LogP contribution in [0.2, 0.25) is 0 Å². The van der Waals surface area contributed by atoms with Crippen molar-refractivity contribution in [1.82, 2.24) is 0 Å². The van der Waals surface area contributed by atoms with E-state index in [0.717, 1.165) is 42.6 Å². The van der Waals surface area contributed by atoms with Gasteiger partial charge in [-0.2, -0.15) is 0 Å². The number of rotatable bonds is 3. The molecule has 1 aliphatic rings. The summed E-state index contributed by atoms with van der Waals surface area (Å²) >= 11 is 0. The number of carbonyl (C=O) groups is 1. The third-order valence-corrected chi connectivity index (χ3v) is 3.60. The summed E-state index contributed by atoms with van der Waals surface area (Å²) in [6, 6.07) is 6.41. The minimum Gasteiger partial charge on any atom is -0.393 e. The normalized spacial score (nSPS) is 22.9. The van der Waals surface area contributed by atoms with Crippen molar-refractivity contribution in [2.24, 2.45) is 0 Å². The number of aliphatic hydroxyl groups is 1. The van der Waals surface area contributed by atoms with Gasteiger partial charge in [-0.1, -0.05) is 0 Å². The van der Waals surface area contributed by atoms with Gasteiger partial charge >= 0.3 is 0 Å². The number of anilines is 2. The van der Waals surface area contributed by atoms with Gasteiger partial charge in [-0.15, -0.1) is 0 Å².